The Kier molecular flexibility index (Phi) is 2.58. The van der Waals surface area contributed by atoms with Crippen molar-refractivity contribution >= 4 is 0 Å². The Hall–Kier alpha value is -1.97. The van der Waals surface area contributed by atoms with Crippen molar-refractivity contribution in [3.8, 4) is 11.4 Å². The molecule has 76 valence electrons. The van der Waals surface area contributed by atoms with E-state index in [-0.39, 0.29) is 5.56 Å². The number of nitrogens with zero attached hydrogens (tertiary/aromatic N) is 2. The molecular formula is C11H11N3O. The molecule has 0 saturated heterocycles. The predicted molar refractivity (Wildman–Crippen MR) is 57.5 cm³/mol. The first kappa shape index (κ1) is 9.58. The molecule has 15 heavy (non-hydrogen) atoms. The van der Waals surface area contributed by atoms with Crippen LogP contribution in [-0.2, 0) is 6.42 Å². The molecule has 0 spiro atoms. The van der Waals surface area contributed by atoms with Crippen LogP contribution in [0.2, 0.25) is 0 Å². The van der Waals surface area contributed by atoms with Crippen LogP contribution < -0.4 is 5.56 Å². The lowest BCUT2D eigenvalue weighted by molar-refractivity contribution is 1.00. The number of hydrogen-bond donors (Lipinski definition) is 1. The van der Waals surface area contributed by atoms with Gasteiger partial charge in [-0.3, -0.25) is 9.78 Å². The van der Waals surface area contributed by atoms with Crippen molar-refractivity contribution in [3.05, 3.63) is 46.6 Å². The van der Waals surface area contributed by atoms with Crippen molar-refractivity contribution in [3.63, 3.8) is 0 Å². The maximum atomic E-state index is 11.5. The van der Waals surface area contributed by atoms with E-state index >= 15 is 0 Å². The Morgan fingerprint density at radius 3 is 2.87 bits per heavy atom. The quantitative estimate of drug-likeness (QED) is 0.798. The van der Waals surface area contributed by atoms with Gasteiger partial charge in [0.15, 0.2) is 0 Å². The molecule has 2 rings (SSSR count). The first-order valence-corrected chi connectivity index (χ1v) is 4.81. The minimum atomic E-state index is -0.0897. The second kappa shape index (κ2) is 4.04. The monoisotopic (exact) mass is 201 g/mol. The van der Waals surface area contributed by atoms with E-state index in [0.29, 0.717) is 17.7 Å². The highest BCUT2D eigenvalue weighted by Crippen LogP contribution is 2.15. The van der Waals surface area contributed by atoms with Gasteiger partial charge in [-0.05, 0) is 18.6 Å². The van der Waals surface area contributed by atoms with Crippen LogP contribution in [0.4, 0.5) is 0 Å². The largest absolute Gasteiger partial charge is 0.313 e. The smallest absolute Gasteiger partial charge is 0.254 e. The zero-order valence-corrected chi connectivity index (χ0v) is 8.40. The minimum Gasteiger partial charge on any atom is -0.313 e. The molecule has 4 heteroatoms. The number of H-pyrrole nitrogens is 1. The van der Waals surface area contributed by atoms with Gasteiger partial charge in [-0.1, -0.05) is 13.0 Å². The van der Waals surface area contributed by atoms with Gasteiger partial charge >= 0.3 is 0 Å². The van der Waals surface area contributed by atoms with E-state index in [1.807, 2.05) is 25.1 Å². The lowest BCUT2D eigenvalue weighted by Crippen LogP contribution is -2.14. The fraction of sp³-hybridized carbons (Fsp3) is 0.182. The van der Waals surface area contributed by atoms with E-state index in [4.69, 9.17) is 0 Å². The van der Waals surface area contributed by atoms with E-state index in [2.05, 4.69) is 15.0 Å². The molecule has 0 atom stereocenters. The summed E-state index contributed by atoms with van der Waals surface area (Å²) in [5.74, 6) is 0. The van der Waals surface area contributed by atoms with E-state index in [9.17, 15) is 4.79 Å². The van der Waals surface area contributed by atoms with Gasteiger partial charge in [-0.25, -0.2) is 4.98 Å². The molecule has 1 N–H and O–H groups in total. The zero-order valence-electron chi connectivity index (χ0n) is 8.40. The third-order valence-electron chi connectivity index (χ3n) is 2.21. The van der Waals surface area contributed by atoms with Gasteiger partial charge < -0.3 is 4.98 Å². The summed E-state index contributed by atoms with van der Waals surface area (Å²) in [6.07, 6.45) is 3.75. The van der Waals surface area contributed by atoms with Crippen molar-refractivity contribution in [1.82, 2.24) is 15.0 Å². The molecule has 0 saturated carbocycles. The summed E-state index contributed by atoms with van der Waals surface area (Å²) >= 11 is 0. The molecule has 0 aromatic carbocycles. The first-order chi connectivity index (χ1) is 7.33. The maximum absolute atomic E-state index is 11.5. The number of aromatic nitrogens is 3. The van der Waals surface area contributed by atoms with Crippen LogP contribution in [0.15, 0.2) is 35.5 Å². The zero-order chi connectivity index (χ0) is 10.7. The Morgan fingerprint density at radius 2 is 2.20 bits per heavy atom. The van der Waals surface area contributed by atoms with E-state index in [1.165, 1.54) is 6.33 Å². The molecule has 0 aliphatic heterocycles. The van der Waals surface area contributed by atoms with Crippen LogP contribution in [0, 0.1) is 0 Å². The molecule has 4 nitrogen and oxygen atoms in total. The molecule has 2 aromatic heterocycles. The van der Waals surface area contributed by atoms with Gasteiger partial charge in [-0.15, -0.1) is 0 Å². The average Bonchev–Trinajstić information content (AvgIpc) is 2.30. The molecule has 0 aliphatic carbocycles. The van der Waals surface area contributed by atoms with Gasteiger partial charge in [0.1, 0.15) is 0 Å². The molecule has 0 unspecified atom stereocenters. The molecule has 0 amide bonds. The second-order valence-electron chi connectivity index (χ2n) is 3.13. The maximum Gasteiger partial charge on any atom is 0.254 e. The van der Waals surface area contributed by atoms with Crippen LogP contribution in [-0.4, -0.2) is 15.0 Å². The summed E-state index contributed by atoms with van der Waals surface area (Å²) in [6, 6.07) is 5.56. The fourth-order valence-electron chi connectivity index (χ4n) is 1.48. The van der Waals surface area contributed by atoms with E-state index < -0.39 is 0 Å². The van der Waals surface area contributed by atoms with Crippen molar-refractivity contribution < 1.29 is 0 Å². The number of hydrogen-bond acceptors (Lipinski definition) is 3. The third-order valence-corrected chi connectivity index (χ3v) is 2.21. The first-order valence-electron chi connectivity index (χ1n) is 4.81. The Bertz CT molecular complexity index is 505. The topological polar surface area (TPSA) is 58.6 Å². The molecule has 0 fully saturated rings. The predicted octanol–water partition coefficient (Wildman–Crippen LogP) is 1.39. The molecule has 0 bridgehead atoms. The second-order valence-corrected chi connectivity index (χ2v) is 3.13. The normalized spacial score (nSPS) is 10.2. The summed E-state index contributed by atoms with van der Waals surface area (Å²) in [7, 11) is 0. The number of aromatic amines is 1. The number of nitrogens with one attached hydrogen (secondary N) is 1. The summed E-state index contributed by atoms with van der Waals surface area (Å²) in [5.41, 5.74) is 1.99. The lowest BCUT2D eigenvalue weighted by atomic mass is 10.1. The average molecular weight is 201 g/mol. The number of rotatable bonds is 2. The van der Waals surface area contributed by atoms with Crippen LogP contribution in [0.25, 0.3) is 11.4 Å². The van der Waals surface area contributed by atoms with Gasteiger partial charge in [-0.2, -0.15) is 0 Å². The Balaban J connectivity index is 2.63. The Morgan fingerprint density at radius 1 is 1.33 bits per heavy atom. The highest BCUT2D eigenvalue weighted by atomic mass is 16.1. The Labute approximate surface area is 87.0 Å². The summed E-state index contributed by atoms with van der Waals surface area (Å²) in [4.78, 5) is 22.4. The molecule has 0 aliphatic rings. The minimum absolute atomic E-state index is 0.0897. The molecule has 2 aromatic rings. The fourth-order valence-corrected chi connectivity index (χ4v) is 1.48. The molecule has 2 heterocycles. The summed E-state index contributed by atoms with van der Waals surface area (Å²) in [6.45, 7) is 1.93. The molecule has 0 radical (unpaired) electrons. The third kappa shape index (κ3) is 1.79. The van der Waals surface area contributed by atoms with Crippen LogP contribution in [0.1, 0.15) is 12.5 Å². The highest BCUT2D eigenvalue weighted by Gasteiger charge is 2.08. The van der Waals surface area contributed by atoms with Crippen molar-refractivity contribution in [1.29, 1.82) is 0 Å². The van der Waals surface area contributed by atoms with Gasteiger partial charge in [0, 0.05) is 11.8 Å². The van der Waals surface area contributed by atoms with Crippen LogP contribution in [0.3, 0.4) is 0 Å². The summed E-state index contributed by atoms with van der Waals surface area (Å²) < 4.78 is 0. The van der Waals surface area contributed by atoms with Crippen molar-refractivity contribution in [2.45, 2.75) is 13.3 Å². The van der Waals surface area contributed by atoms with Crippen molar-refractivity contribution in [2.24, 2.45) is 0 Å². The molecular weight excluding hydrogens is 190 g/mol. The standard InChI is InChI=1S/C11H11N3O/c1-2-8-10(13-7-14-11(8)15)9-5-3-4-6-12-9/h3-7H,2H2,1H3,(H,13,14,15). The highest BCUT2D eigenvalue weighted by molar-refractivity contribution is 5.57. The SMILES string of the molecule is CCc1c(-c2ccccn2)nc[nH]c1=O. The van der Waals surface area contributed by atoms with E-state index in [1.54, 1.807) is 6.20 Å². The van der Waals surface area contributed by atoms with Gasteiger partial charge in [0.2, 0.25) is 0 Å². The van der Waals surface area contributed by atoms with Crippen LogP contribution in [0.5, 0.6) is 0 Å². The van der Waals surface area contributed by atoms with Gasteiger partial charge in [0.05, 0.1) is 17.7 Å². The lowest BCUT2D eigenvalue weighted by Gasteiger charge is -2.03. The van der Waals surface area contributed by atoms with Crippen LogP contribution >= 0.6 is 0 Å². The van der Waals surface area contributed by atoms with Gasteiger partial charge in [0.25, 0.3) is 5.56 Å². The summed E-state index contributed by atoms with van der Waals surface area (Å²) in [5, 5.41) is 0. The number of pyridine rings is 1. The van der Waals surface area contributed by atoms with Crippen molar-refractivity contribution in [2.75, 3.05) is 0 Å². The van der Waals surface area contributed by atoms with E-state index in [0.717, 1.165) is 5.69 Å².